The van der Waals surface area contributed by atoms with Gasteiger partial charge in [-0.05, 0) is 6.42 Å². The number of unbranched alkanes of at least 4 members (excludes halogenated alkanes) is 9. The van der Waals surface area contributed by atoms with Crippen LogP contribution in [-0.2, 0) is 0 Å². The van der Waals surface area contributed by atoms with Gasteiger partial charge in [-0.1, -0.05) is 0 Å². The van der Waals surface area contributed by atoms with Gasteiger partial charge in [0.25, 0.3) is 0 Å². The summed E-state index contributed by atoms with van der Waals surface area (Å²) in [5.74, 6) is 2.41. The van der Waals surface area contributed by atoms with Crippen molar-refractivity contribution in [1.29, 1.82) is 0 Å². The van der Waals surface area contributed by atoms with E-state index >= 15 is 0 Å². The summed E-state index contributed by atoms with van der Waals surface area (Å²) in [5, 5.41) is 25.9. The topological polar surface area (TPSA) is 60.7 Å². The summed E-state index contributed by atoms with van der Waals surface area (Å²) in [6.45, 7) is 14.8. The molecule has 0 aromatic heterocycles. The molecule has 0 fully saturated rings. The third-order valence-electron chi connectivity index (χ3n) is 8.65. The van der Waals surface area contributed by atoms with Crippen LogP contribution in [-0.4, -0.2) is 71.9 Å². The van der Waals surface area contributed by atoms with Gasteiger partial charge in [0.1, 0.15) is 0 Å². The van der Waals surface area contributed by atoms with E-state index in [0.29, 0.717) is 19.6 Å². The second-order valence-corrected chi connectivity index (χ2v) is 38.9. The fraction of sp³-hybridized carbons (Fsp3) is 0.846. The summed E-state index contributed by atoms with van der Waals surface area (Å²) in [6, 6.07) is 0. The van der Waals surface area contributed by atoms with Gasteiger partial charge >= 0.3 is 251 Å². The van der Waals surface area contributed by atoms with E-state index in [1.807, 2.05) is 0 Å². The average Bonchev–Trinajstić information content (AvgIpc) is 3.05. The molecule has 262 valence electrons. The van der Waals surface area contributed by atoms with Gasteiger partial charge in [-0.25, -0.2) is 0 Å². The van der Waals surface area contributed by atoms with Crippen LogP contribution in [0.5, 0.6) is 0 Å². The predicted molar refractivity (Wildman–Crippen MR) is 206 cm³/mol. The molecule has 0 saturated heterocycles. The molecule has 0 radical (unpaired) electrons. The van der Waals surface area contributed by atoms with Gasteiger partial charge in [-0.3, -0.25) is 0 Å². The van der Waals surface area contributed by atoms with E-state index in [1.165, 1.54) is 77.0 Å². The van der Waals surface area contributed by atoms with E-state index < -0.39 is 36.8 Å². The van der Waals surface area contributed by atoms with Crippen LogP contribution < -0.4 is 0 Å². The Balaban J connectivity index is -0.000000644. The van der Waals surface area contributed by atoms with Crippen LogP contribution in [0.3, 0.4) is 0 Å². The van der Waals surface area contributed by atoms with Gasteiger partial charge < -0.3 is 5.11 Å². The number of aliphatic hydroxyl groups excluding tert-OH is 3. The molecule has 0 aromatic carbocycles. The van der Waals surface area contributed by atoms with Crippen molar-refractivity contribution < 1.29 is 15.3 Å². The summed E-state index contributed by atoms with van der Waals surface area (Å²) in [7, 11) is 0. The predicted octanol–water partition coefficient (Wildman–Crippen LogP) is 11.8. The first-order valence-electron chi connectivity index (χ1n) is 19.0. The zero-order valence-corrected chi connectivity index (χ0v) is 36.5. The minimum atomic E-state index is -2.00. The Labute approximate surface area is 286 Å². The van der Waals surface area contributed by atoms with Crippen LogP contribution in [0, 0.1) is 12.3 Å². The van der Waals surface area contributed by atoms with Crippen molar-refractivity contribution in [2.75, 3.05) is 19.8 Å². The first-order valence-corrected chi connectivity index (χ1v) is 34.4. The Morgan fingerprint density at radius 1 is 0.455 bits per heavy atom. The molecule has 5 heteroatoms. The molecule has 0 spiro atoms. The molecule has 0 amide bonds. The van der Waals surface area contributed by atoms with Gasteiger partial charge in [-0.15, -0.1) is 12.3 Å². The molecule has 0 aliphatic carbocycles. The zero-order chi connectivity index (χ0) is 33.6. The third-order valence-corrected chi connectivity index (χ3v) is 37.1. The molecule has 0 saturated carbocycles. The molecule has 0 bridgehead atoms. The molecule has 3 N–H and O–H groups in total. The van der Waals surface area contributed by atoms with E-state index in [-0.39, 0.29) is 6.61 Å². The first-order chi connectivity index (χ1) is 21.4. The van der Waals surface area contributed by atoms with Crippen molar-refractivity contribution in [1.82, 2.24) is 0 Å². The van der Waals surface area contributed by atoms with Crippen LogP contribution in [0.2, 0.25) is 26.6 Å². The van der Waals surface area contributed by atoms with E-state index in [0.717, 1.165) is 32.1 Å². The molecule has 44 heavy (non-hydrogen) atoms. The molecule has 0 aliphatic heterocycles. The second-order valence-electron chi connectivity index (χ2n) is 12.9. The second kappa shape index (κ2) is 39.7. The number of hydrogen-bond acceptors (Lipinski definition) is 3. The summed E-state index contributed by atoms with van der Waals surface area (Å²) in [5.41, 5.74) is 0. The van der Waals surface area contributed by atoms with Gasteiger partial charge in [0, 0.05) is 13.0 Å². The van der Waals surface area contributed by atoms with Crippen LogP contribution in [0.25, 0.3) is 0 Å². The molecule has 0 aliphatic rings. The number of aliphatic hydroxyl groups is 3. The van der Waals surface area contributed by atoms with Gasteiger partial charge in [-0.2, -0.15) is 0 Å². The molecule has 0 rings (SSSR count). The summed E-state index contributed by atoms with van der Waals surface area (Å²) in [4.78, 5) is 0. The van der Waals surface area contributed by atoms with Crippen molar-refractivity contribution in [3.05, 3.63) is 20.3 Å². The summed E-state index contributed by atoms with van der Waals surface area (Å²) < 4.78 is 14.8. The SMILES string of the molecule is C#CCCCO.CCC[CH2][Sn](/[CH]=C/CCCO)([CH2]CCC)[CH2]CCC.CCC[CH2][Sn](/[CH]=C\CCCO)([CH2]CCC)[CH2]CCC. The maximum absolute atomic E-state index is 8.90. The van der Waals surface area contributed by atoms with Crippen LogP contribution in [0.1, 0.15) is 157 Å². The van der Waals surface area contributed by atoms with Gasteiger partial charge in [0.05, 0.1) is 0 Å². The third kappa shape index (κ3) is 32.5. The summed E-state index contributed by atoms with van der Waals surface area (Å²) >= 11 is -3.99. The van der Waals surface area contributed by atoms with Crippen molar-refractivity contribution in [2.24, 2.45) is 0 Å². The molecule has 0 heterocycles. The van der Waals surface area contributed by atoms with Crippen molar-refractivity contribution in [3.8, 4) is 12.3 Å². The fourth-order valence-corrected chi connectivity index (χ4v) is 34.7. The molecular formula is C39H80O3Sn2. The first kappa shape index (κ1) is 48.9. The monoisotopic (exact) mass is 836 g/mol. The Kier molecular flexibility index (Phi) is 44.1. The minimum absolute atomic E-state index is 0.212. The van der Waals surface area contributed by atoms with Crippen molar-refractivity contribution >= 4 is 36.8 Å². The molecule has 3 nitrogen and oxygen atoms in total. The normalized spacial score (nSPS) is 11.7. The number of allylic oxidation sites excluding steroid dienone is 2. The van der Waals surface area contributed by atoms with Gasteiger partial charge in [0.15, 0.2) is 0 Å². The Morgan fingerprint density at radius 3 is 0.909 bits per heavy atom. The number of hydrogen-bond donors (Lipinski definition) is 3. The maximum atomic E-state index is 8.90. The Hall–Kier alpha value is 0.517. The van der Waals surface area contributed by atoms with E-state index in [9.17, 15) is 0 Å². The Bertz CT molecular complexity index is 552. The van der Waals surface area contributed by atoms with Crippen LogP contribution in [0.15, 0.2) is 20.3 Å². The average molecular weight is 834 g/mol. The fourth-order valence-electron chi connectivity index (χ4n) is 5.69. The zero-order valence-electron chi connectivity index (χ0n) is 30.8. The molecule has 0 aromatic rings. The molecule has 0 unspecified atom stereocenters. The van der Waals surface area contributed by atoms with Crippen LogP contribution >= 0.6 is 0 Å². The quantitative estimate of drug-likeness (QED) is 0.0418. The van der Waals surface area contributed by atoms with E-state index in [1.54, 1.807) is 26.6 Å². The molecular weight excluding hydrogens is 754 g/mol. The molecule has 0 atom stereocenters. The van der Waals surface area contributed by atoms with Crippen LogP contribution in [0.4, 0.5) is 0 Å². The Morgan fingerprint density at radius 2 is 0.727 bits per heavy atom. The van der Waals surface area contributed by atoms with E-state index in [2.05, 4.69) is 67.8 Å². The summed E-state index contributed by atoms with van der Waals surface area (Å²) in [6.07, 6.45) is 31.9. The van der Waals surface area contributed by atoms with E-state index in [4.69, 9.17) is 21.7 Å². The van der Waals surface area contributed by atoms with Crippen molar-refractivity contribution in [3.63, 3.8) is 0 Å². The van der Waals surface area contributed by atoms with Crippen molar-refractivity contribution in [2.45, 2.75) is 184 Å². The number of rotatable bonds is 28. The standard InChI is InChI=1S/2C5H9O.C5H8O.6C4H9.2Sn/c3*1-2-3-4-5-6;6*1-3-4-2;;/h2*1-2,6H,3-5H2;1,6H,3-5H2;6*1,3-4H2,2H3;;. The van der Waals surface area contributed by atoms with Gasteiger partial charge in [0.2, 0.25) is 0 Å². The number of terminal acetylenes is 1.